The van der Waals surface area contributed by atoms with Crippen molar-refractivity contribution in [1.29, 1.82) is 5.26 Å². The molecule has 7 heteroatoms. The highest BCUT2D eigenvalue weighted by Crippen LogP contribution is 2.29. The van der Waals surface area contributed by atoms with E-state index in [9.17, 15) is 13.7 Å². The Morgan fingerprint density at radius 3 is 2.33 bits per heavy atom. The van der Waals surface area contributed by atoms with E-state index in [2.05, 4.69) is 0 Å². The summed E-state index contributed by atoms with van der Waals surface area (Å²) in [4.78, 5) is -0.419. The van der Waals surface area contributed by atoms with Gasteiger partial charge in [-0.05, 0) is 48.5 Å². The number of methoxy groups -OCH3 is 2. The van der Waals surface area contributed by atoms with Crippen LogP contribution < -0.4 is 9.47 Å². The monoisotopic (exact) mass is 363 g/mol. The molecule has 24 heavy (non-hydrogen) atoms. The molecule has 2 rings (SSSR count). The number of allylic oxidation sites excluding steroid dienone is 1. The van der Waals surface area contributed by atoms with Crippen LogP contribution in [0.25, 0.3) is 6.08 Å². The van der Waals surface area contributed by atoms with E-state index >= 15 is 0 Å². The first-order valence-corrected chi connectivity index (χ1v) is 8.63. The normalized spacial score (nSPS) is 11.7. The van der Waals surface area contributed by atoms with Crippen molar-refractivity contribution < 1.29 is 17.9 Å². The minimum Gasteiger partial charge on any atom is -0.497 e. The molecule has 0 atom stereocenters. The molecule has 0 fully saturated rings. The van der Waals surface area contributed by atoms with E-state index in [1.54, 1.807) is 24.3 Å². The van der Waals surface area contributed by atoms with Crippen LogP contribution in [-0.4, -0.2) is 22.6 Å². The minimum atomic E-state index is -3.97. The Morgan fingerprint density at radius 2 is 1.79 bits per heavy atom. The lowest BCUT2D eigenvalue weighted by molar-refractivity contribution is 0.402. The lowest BCUT2D eigenvalue weighted by atomic mass is 10.1. The zero-order valence-corrected chi connectivity index (χ0v) is 14.6. The predicted octanol–water partition coefficient (Wildman–Crippen LogP) is 3.70. The Hall–Kier alpha value is -2.49. The van der Waals surface area contributed by atoms with E-state index in [4.69, 9.17) is 21.1 Å². The summed E-state index contributed by atoms with van der Waals surface area (Å²) >= 11 is 5.77. The van der Waals surface area contributed by atoms with Crippen LogP contribution in [-0.2, 0) is 9.84 Å². The zero-order valence-electron chi connectivity index (χ0n) is 13.0. The molecule has 0 spiro atoms. The maximum Gasteiger partial charge on any atom is 0.216 e. The number of hydrogen-bond acceptors (Lipinski definition) is 5. The highest BCUT2D eigenvalue weighted by atomic mass is 35.5. The van der Waals surface area contributed by atoms with Crippen LogP contribution in [0, 0.1) is 11.3 Å². The third-order valence-corrected chi connectivity index (χ3v) is 5.18. The molecular weight excluding hydrogens is 350 g/mol. The van der Waals surface area contributed by atoms with Crippen molar-refractivity contribution in [3.63, 3.8) is 0 Å². The number of nitrogens with zero attached hydrogens (tertiary/aromatic N) is 1. The number of sulfone groups is 1. The van der Waals surface area contributed by atoms with Gasteiger partial charge in [-0.2, -0.15) is 5.26 Å². The van der Waals surface area contributed by atoms with Gasteiger partial charge in [0.15, 0.2) is 0 Å². The van der Waals surface area contributed by atoms with Crippen LogP contribution in [0.4, 0.5) is 0 Å². The predicted molar refractivity (Wildman–Crippen MR) is 91.8 cm³/mol. The Labute approximate surface area is 145 Å². The molecule has 2 aromatic rings. The quantitative estimate of drug-likeness (QED) is 0.757. The highest BCUT2D eigenvalue weighted by Gasteiger charge is 2.21. The van der Waals surface area contributed by atoms with Crippen molar-refractivity contribution in [2.45, 2.75) is 4.90 Å². The van der Waals surface area contributed by atoms with E-state index in [0.717, 1.165) is 0 Å². The molecule has 0 aliphatic heterocycles. The number of benzene rings is 2. The van der Waals surface area contributed by atoms with Gasteiger partial charge in [-0.15, -0.1) is 0 Å². The van der Waals surface area contributed by atoms with Crippen molar-refractivity contribution in [1.82, 2.24) is 0 Å². The molecule has 0 aromatic heterocycles. The van der Waals surface area contributed by atoms with Crippen molar-refractivity contribution in [2.75, 3.05) is 14.2 Å². The van der Waals surface area contributed by atoms with E-state index in [1.807, 2.05) is 0 Å². The second-order valence-electron chi connectivity index (χ2n) is 4.69. The topological polar surface area (TPSA) is 76.4 Å². The summed E-state index contributed by atoms with van der Waals surface area (Å²) in [7, 11) is -1.02. The number of nitriles is 1. The fourth-order valence-electron chi connectivity index (χ4n) is 2.00. The van der Waals surface area contributed by atoms with Gasteiger partial charge >= 0.3 is 0 Å². The van der Waals surface area contributed by atoms with Crippen molar-refractivity contribution >= 4 is 27.5 Å². The first kappa shape index (κ1) is 17.9. The molecule has 5 nitrogen and oxygen atoms in total. The van der Waals surface area contributed by atoms with Crippen LogP contribution in [0.3, 0.4) is 0 Å². The van der Waals surface area contributed by atoms with Gasteiger partial charge in [0.1, 0.15) is 22.5 Å². The van der Waals surface area contributed by atoms with Crippen LogP contribution in [0.2, 0.25) is 5.02 Å². The fourth-order valence-corrected chi connectivity index (χ4v) is 3.28. The van der Waals surface area contributed by atoms with Crippen LogP contribution in [0.5, 0.6) is 11.5 Å². The summed E-state index contributed by atoms with van der Waals surface area (Å²) in [5, 5.41) is 9.74. The van der Waals surface area contributed by atoms with Gasteiger partial charge in [-0.3, -0.25) is 0 Å². The Balaban J connectivity index is 2.57. The van der Waals surface area contributed by atoms with E-state index in [-0.39, 0.29) is 4.90 Å². The van der Waals surface area contributed by atoms with Crippen LogP contribution in [0.1, 0.15) is 5.56 Å². The first-order valence-electron chi connectivity index (χ1n) is 6.77. The molecule has 0 aliphatic carbocycles. The maximum absolute atomic E-state index is 12.6. The molecule has 0 aliphatic rings. The fraction of sp³-hybridized carbons (Fsp3) is 0.118. The standard InChI is InChI=1S/C17H14ClNO4S/c1-22-14-5-8-17(23-2)12(9-14)10-16(11-19)24(20,21)15-6-3-13(18)4-7-15/h3-10H,1-2H3/b16-10+. The second kappa shape index (κ2) is 7.39. The maximum atomic E-state index is 12.6. The Kier molecular flexibility index (Phi) is 5.50. The molecular formula is C17H14ClNO4S. The smallest absolute Gasteiger partial charge is 0.216 e. The zero-order chi connectivity index (χ0) is 17.7. The van der Waals surface area contributed by atoms with Gasteiger partial charge < -0.3 is 9.47 Å². The molecule has 0 amide bonds. The summed E-state index contributed by atoms with van der Waals surface area (Å²) in [6.07, 6.45) is 1.26. The Morgan fingerprint density at radius 1 is 1.12 bits per heavy atom. The molecule has 0 N–H and O–H groups in total. The molecule has 2 aromatic carbocycles. The van der Waals surface area contributed by atoms with E-state index in [0.29, 0.717) is 22.1 Å². The summed E-state index contributed by atoms with van der Waals surface area (Å²) in [5.41, 5.74) is 0.422. The van der Waals surface area contributed by atoms with Crippen LogP contribution >= 0.6 is 11.6 Å². The average molecular weight is 364 g/mol. The average Bonchev–Trinajstić information content (AvgIpc) is 2.59. The minimum absolute atomic E-state index is 0.0124. The van der Waals surface area contributed by atoms with Crippen molar-refractivity contribution in [3.8, 4) is 17.6 Å². The van der Waals surface area contributed by atoms with Gasteiger partial charge in [-0.1, -0.05) is 11.6 Å². The molecule has 124 valence electrons. The van der Waals surface area contributed by atoms with Gasteiger partial charge in [0.2, 0.25) is 9.84 Å². The van der Waals surface area contributed by atoms with Crippen molar-refractivity contribution in [2.24, 2.45) is 0 Å². The third-order valence-electron chi connectivity index (χ3n) is 3.25. The second-order valence-corrected chi connectivity index (χ2v) is 7.04. The number of ether oxygens (including phenoxy) is 2. The van der Waals surface area contributed by atoms with Gasteiger partial charge in [0.05, 0.1) is 19.1 Å². The molecule has 0 saturated carbocycles. The Bertz CT molecular complexity index is 913. The molecule has 0 radical (unpaired) electrons. The third kappa shape index (κ3) is 3.70. The summed E-state index contributed by atoms with van der Waals surface area (Å²) < 4.78 is 35.6. The molecule has 0 heterocycles. The highest BCUT2D eigenvalue weighted by molar-refractivity contribution is 7.95. The summed E-state index contributed by atoms with van der Waals surface area (Å²) in [5.74, 6) is 0.943. The van der Waals surface area contributed by atoms with Gasteiger partial charge in [0.25, 0.3) is 0 Å². The lowest BCUT2D eigenvalue weighted by Gasteiger charge is -2.08. The SMILES string of the molecule is COc1ccc(OC)c(/C=C(\C#N)S(=O)(=O)c2ccc(Cl)cc2)c1. The number of halogens is 1. The van der Waals surface area contributed by atoms with E-state index < -0.39 is 14.7 Å². The summed E-state index contributed by atoms with van der Waals surface area (Å²) in [6.45, 7) is 0. The first-order chi connectivity index (χ1) is 11.4. The molecule has 0 bridgehead atoms. The van der Waals surface area contributed by atoms with Crippen molar-refractivity contribution in [3.05, 3.63) is 58.0 Å². The van der Waals surface area contributed by atoms with Crippen LogP contribution in [0.15, 0.2) is 52.3 Å². The lowest BCUT2D eigenvalue weighted by Crippen LogP contribution is -2.03. The van der Waals surface area contributed by atoms with Gasteiger partial charge in [0, 0.05) is 10.6 Å². The summed E-state index contributed by atoms with van der Waals surface area (Å²) in [6, 6.07) is 12.3. The van der Waals surface area contributed by atoms with Gasteiger partial charge in [-0.25, -0.2) is 8.42 Å². The number of hydrogen-bond donors (Lipinski definition) is 0. The number of rotatable bonds is 5. The molecule has 0 saturated heterocycles. The largest absolute Gasteiger partial charge is 0.497 e. The van der Waals surface area contributed by atoms with E-state index in [1.165, 1.54) is 44.6 Å². The molecule has 0 unspecified atom stereocenters.